The molecule has 1 aliphatic heterocycles. The number of phenolic OH excluding ortho intramolecular Hbond substituents is 1. The Morgan fingerprint density at radius 3 is 2.60 bits per heavy atom. The molecule has 1 aliphatic carbocycles. The zero-order valence-electron chi connectivity index (χ0n) is 19.0. The van der Waals surface area contributed by atoms with Gasteiger partial charge in [-0.1, -0.05) is 52.5 Å². The first kappa shape index (κ1) is 22.7. The number of carboxylic acids is 1. The van der Waals surface area contributed by atoms with Gasteiger partial charge in [-0.2, -0.15) is 0 Å². The van der Waals surface area contributed by atoms with Gasteiger partial charge in [-0.3, -0.25) is 0 Å². The molecule has 1 aromatic rings. The summed E-state index contributed by atoms with van der Waals surface area (Å²) in [5, 5.41) is 20.6. The molecule has 0 aromatic heterocycles. The Morgan fingerprint density at radius 1 is 1.27 bits per heavy atom. The van der Waals surface area contributed by atoms with E-state index < -0.39 is 17.1 Å². The highest BCUT2D eigenvalue weighted by Gasteiger charge is 2.55. The quantitative estimate of drug-likeness (QED) is 0.520. The van der Waals surface area contributed by atoms with Gasteiger partial charge in [0.2, 0.25) is 0 Å². The van der Waals surface area contributed by atoms with Crippen LogP contribution in [0.3, 0.4) is 0 Å². The molecular weight excluding hydrogens is 378 g/mol. The number of fused-ring (bicyclic) bond motifs is 3. The topological polar surface area (TPSA) is 92.8 Å². The van der Waals surface area contributed by atoms with Crippen molar-refractivity contribution >= 4 is 5.97 Å². The summed E-state index contributed by atoms with van der Waals surface area (Å²) in [6.45, 7) is 10.6. The second-order valence-corrected chi connectivity index (χ2v) is 10.3. The molecule has 0 amide bonds. The van der Waals surface area contributed by atoms with E-state index in [0.29, 0.717) is 23.3 Å². The number of hydrogen-bond donors (Lipinski definition) is 3. The summed E-state index contributed by atoms with van der Waals surface area (Å²) in [6, 6.07) is 3.82. The van der Waals surface area contributed by atoms with Gasteiger partial charge in [-0.25, -0.2) is 4.79 Å². The number of carboxylic acid groups (broad SMARTS) is 1. The Bertz CT molecular complexity index is 855. The number of carbonyl (C=O) groups is 1. The van der Waals surface area contributed by atoms with Crippen LogP contribution in [-0.4, -0.2) is 21.8 Å². The standard InChI is InChI=1S/C25H37NO4/c1-6-7-8-9-12-23(2,3)17-13-18(27)21-19(14-17)30-24(4,5)20-11-10-16(22(28)29)15-25(20,21)26/h10,13-14,20,27H,6-9,11-12,15,26H2,1-5H3,(H,28,29)/t20-,25-/m0/s1. The second-order valence-electron chi connectivity index (χ2n) is 10.3. The summed E-state index contributed by atoms with van der Waals surface area (Å²) in [5.74, 6) is -0.381. The van der Waals surface area contributed by atoms with Crippen LogP contribution in [0.15, 0.2) is 23.8 Å². The van der Waals surface area contributed by atoms with Gasteiger partial charge in [0.15, 0.2) is 0 Å². The molecule has 5 heteroatoms. The summed E-state index contributed by atoms with van der Waals surface area (Å²) in [5.41, 5.74) is 7.13. The molecule has 0 fully saturated rings. The van der Waals surface area contributed by atoms with Gasteiger partial charge in [-0.15, -0.1) is 0 Å². The van der Waals surface area contributed by atoms with Gasteiger partial charge >= 0.3 is 5.97 Å². The molecule has 0 bridgehead atoms. The predicted octanol–water partition coefficient (Wildman–Crippen LogP) is 5.39. The van der Waals surface area contributed by atoms with Crippen molar-refractivity contribution in [2.75, 3.05) is 0 Å². The fourth-order valence-electron chi connectivity index (χ4n) is 5.34. The van der Waals surface area contributed by atoms with E-state index in [9.17, 15) is 15.0 Å². The monoisotopic (exact) mass is 415 g/mol. The smallest absolute Gasteiger partial charge is 0.331 e. The highest BCUT2D eigenvalue weighted by atomic mass is 16.5. The van der Waals surface area contributed by atoms with Crippen LogP contribution in [0.4, 0.5) is 0 Å². The van der Waals surface area contributed by atoms with Crippen molar-refractivity contribution in [3.8, 4) is 11.5 Å². The number of hydrogen-bond acceptors (Lipinski definition) is 4. The maximum absolute atomic E-state index is 11.6. The van der Waals surface area contributed by atoms with Crippen LogP contribution >= 0.6 is 0 Å². The molecule has 0 spiro atoms. The molecule has 166 valence electrons. The summed E-state index contributed by atoms with van der Waals surface area (Å²) in [4.78, 5) is 11.6. The number of aliphatic carboxylic acids is 1. The van der Waals surface area contributed by atoms with Crippen LogP contribution in [-0.2, 0) is 15.7 Å². The molecule has 1 heterocycles. The minimum absolute atomic E-state index is 0.106. The van der Waals surface area contributed by atoms with E-state index in [2.05, 4.69) is 20.8 Å². The minimum atomic E-state index is -0.979. The summed E-state index contributed by atoms with van der Waals surface area (Å²) >= 11 is 0. The number of phenols is 1. The van der Waals surface area contributed by atoms with Crippen molar-refractivity contribution in [1.29, 1.82) is 0 Å². The van der Waals surface area contributed by atoms with Gasteiger partial charge in [-0.05, 0) is 49.8 Å². The van der Waals surface area contributed by atoms with Gasteiger partial charge in [0, 0.05) is 17.9 Å². The fourth-order valence-corrected chi connectivity index (χ4v) is 5.34. The van der Waals surface area contributed by atoms with E-state index in [1.807, 2.05) is 26.0 Å². The summed E-state index contributed by atoms with van der Waals surface area (Å²) in [7, 11) is 0. The van der Waals surface area contributed by atoms with Crippen LogP contribution in [0.25, 0.3) is 0 Å². The van der Waals surface area contributed by atoms with Crippen molar-refractivity contribution in [3.05, 3.63) is 34.9 Å². The van der Waals surface area contributed by atoms with Crippen LogP contribution in [0.5, 0.6) is 11.5 Å². The van der Waals surface area contributed by atoms with Crippen molar-refractivity contribution in [2.45, 2.75) is 96.1 Å². The second kappa shape index (κ2) is 7.92. The Labute approximate surface area is 180 Å². The van der Waals surface area contributed by atoms with Crippen molar-refractivity contribution in [2.24, 2.45) is 11.7 Å². The number of ether oxygens (including phenoxy) is 1. The van der Waals surface area contributed by atoms with Crippen LogP contribution in [0.1, 0.15) is 90.7 Å². The number of allylic oxidation sites excluding steroid dienone is 1. The van der Waals surface area contributed by atoms with Crippen molar-refractivity contribution in [3.63, 3.8) is 0 Å². The first-order chi connectivity index (χ1) is 13.9. The molecule has 2 atom stereocenters. The third-order valence-corrected chi connectivity index (χ3v) is 7.18. The molecule has 1 aromatic carbocycles. The Hall–Kier alpha value is -2.01. The summed E-state index contributed by atoms with van der Waals surface area (Å²) < 4.78 is 6.39. The number of nitrogens with two attached hydrogens (primary N) is 1. The number of benzene rings is 1. The Morgan fingerprint density at radius 2 is 1.97 bits per heavy atom. The SMILES string of the molecule is CCCCCCC(C)(C)c1cc(O)c2c(c1)OC(C)(C)[C@@H]1CC=C(C(=O)O)C[C@@]21N. The molecule has 0 unspecified atom stereocenters. The number of aromatic hydroxyl groups is 1. The number of unbranched alkanes of at least 4 members (excludes halogenated alkanes) is 3. The first-order valence-electron chi connectivity index (χ1n) is 11.2. The number of rotatable bonds is 7. The van der Waals surface area contributed by atoms with E-state index in [4.69, 9.17) is 10.5 Å². The molecule has 0 saturated heterocycles. The normalized spacial score (nSPS) is 25.0. The molecule has 2 aliphatic rings. The lowest BCUT2D eigenvalue weighted by atomic mass is 9.61. The zero-order chi connectivity index (χ0) is 22.3. The van der Waals surface area contributed by atoms with Crippen LogP contribution < -0.4 is 10.5 Å². The van der Waals surface area contributed by atoms with E-state index in [1.165, 1.54) is 19.3 Å². The lowest BCUT2D eigenvalue weighted by Crippen LogP contribution is -2.59. The largest absolute Gasteiger partial charge is 0.507 e. The molecule has 30 heavy (non-hydrogen) atoms. The van der Waals surface area contributed by atoms with E-state index in [-0.39, 0.29) is 23.5 Å². The van der Waals surface area contributed by atoms with Crippen LogP contribution in [0.2, 0.25) is 0 Å². The molecule has 0 radical (unpaired) electrons. The van der Waals surface area contributed by atoms with E-state index in [0.717, 1.165) is 18.4 Å². The lowest BCUT2D eigenvalue weighted by molar-refractivity contribution is -0.133. The predicted molar refractivity (Wildman–Crippen MR) is 119 cm³/mol. The molecule has 0 saturated carbocycles. The third-order valence-electron chi connectivity index (χ3n) is 7.18. The highest BCUT2D eigenvalue weighted by Crippen LogP contribution is 2.56. The Kier molecular flexibility index (Phi) is 5.98. The average Bonchev–Trinajstić information content (AvgIpc) is 2.63. The van der Waals surface area contributed by atoms with Crippen LogP contribution in [0, 0.1) is 5.92 Å². The summed E-state index contributed by atoms with van der Waals surface area (Å²) in [6.07, 6.45) is 8.25. The van der Waals surface area contributed by atoms with E-state index in [1.54, 1.807) is 6.08 Å². The highest BCUT2D eigenvalue weighted by molar-refractivity contribution is 5.87. The lowest BCUT2D eigenvalue weighted by Gasteiger charge is -2.52. The fraction of sp³-hybridized carbons (Fsp3) is 0.640. The van der Waals surface area contributed by atoms with Gasteiger partial charge < -0.3 is 20.7 Å². The molecule has 4 N–H and O–H groups in total. The third kappa shape index (κ3) is 3.96. The van der Waals surface area contributed by atoms with Gasteiger partial charge in [0.1, 0.15) is 17.1 Å². The van der Waals surface area contributed by atoms with Gasteiger partial charge in [0.05, 0.1) is 11.1 Å². The van der Waals surface area contributed by atoms with Crippen molar-refractivity contribution in [1.82, 2.24) is 0 Å². The molecule has 3 rings (SSSR count). The average molecular weight is 416 g/mol. The van der Waals surface area contributed by atoms with Crippen molar-refractivity contribution < 1.29 is 19.7 Å². The first-order valence-corrected chi connectivity index (χ1v) is 11.2. The molecular formula is C25H37NO4. The van der Waals surface area contributed by atoms with E-state index >= 15 is 0 Å². The maximum Gasteiger partial charge on any atom is 0.331 e. The molecule has 5 nitrogen and oxygen atoms in total. The Balaban J connectivity index is 2.02. The minimum Gasteiger partial charge on any atom is -0.507 e. The maximum atomic E-state index is 11.6. The van der Waals surface area contributed by atoms with Gasteiger partial charge in [0.25, 0.3) is 0 Å². The zero-order valence-corrected chi connectivity index (χ0v) is 19.0.